The maximum Gasteiger partial charge on any atom is 0.257 e. The first kappa shape index (κ1) is 19.1. The van der Waals surface area contributed by atoms with Crippen LogP contribution < -0.4 is 10.6 Å². The van der Waals surface area contributed by atoms with Crippen molar-refractivity contribution in [1.82, 2.24) is 15.3 Å². The van der Waals surface area contributed by atoms with Crippen LogP contribution in [-0.4, -0.2) is 27.5 Å². The molecule has 3 aromatic rings. The average molecular weight is 403 g/mol. The highest BCUT2D eigenvalue weighted by atomic mass is 32.2. The minimum absolute atomic E-state index is 0.122. The van der Waals surface area contributed by atoms with E-state index in [9.17, 15) is 9.59 Å². The molecule has 0 saturated carbocycles. The summed E-state index contributed by atoms with van der Waals surface area (Å²) in [6.45, 7) is 3.81. The summed E-state index contributed by atoms with van der Waals surface area (Å²) in [6, 6.07) is 7.00. The molecule has 0 radical (unpaired) electrons. The Kier molecular flexibility index (Phi) is 6.25. The van der Waals surface area contributed by atoms with Gasteiger partial charge in [-0.1, -0.05) is 6.92 Å². The van der Waals surface area contributed by atoms with Crippen LogP contribution in [0.1, 0.15) is 30.0 Å². The van der Waals surface area contributed by atoms with E-state index in [1.807, 2.05) is 12.3 Å². The summed E-state index contributed by atoms with van der Waals surface area (Å²) in [5.41, 5.74) is 1.16. The van der Waals surface area contributed by atoms with E-state index >= 15 is 0 Å². The molecule has 27 heavy (non-hydrogen) atoms. The Bertz CT molecular complexity index is 951. The molecule has 3 heterocycles. The third-order valence-corrected chi connectivity index (χ3v) is 5.00. The van der Waals surface area contributed by atoms with Crippen molar-refractivity contribution < 1.29 is 14.0 Å². The highest BCUT2D eigenvalue weighted by Gasteiger charge is 2.13. The van der Waals surface area contributed by atoms with Gasteiger partial charge in [-0.25, -0.2) is 9.97 Å². The molecule has 2 amide bonds. The highest BCUT2D eigenvalue weighted by molar-refractivity contribution is 7.99. The Labute approximate surface area is 164 Å². The van der Waals surface area contributed by atoms with Crippen LogP contribution >= 0.6 is 23.1 Å². The summed E-state index contributed by atoms with van der Waals surface area (Å²) in [6.07, 6.45) is 1.62. The molecule has 0 aliphatic rings. The number of furan rings is 1. The van der Waals surface area contributed by atoms with Crippen molar-refractivity contribution in [1.29, 1.82) is 0 Å². The highest BCUT2D eigenvalue weighted by Crippen LogP contribution is 2.27. The largest absolute Gasteiger partial charge is 0.458 e. The third kappa shape index (κ3) is 5.18. The van der Waals surface area contributed by atoms with Gasteiger partial charge in [-0.3, -0.25) is 14.9 Å². The summed E-state index contributed by atoms with van der Waals surface area (Å²) < 4.78 is 5.67. The Morgan fingerprint density at radius 2 is 2.15 bits per heavy atom. The van der Waals surface area contributed by atoms with Gasteiger partial charge in [0.25, 0.3) is 5.91 Å². The van der Waals surface area contributed by atoms with E-state index < -0.39 is 0 Å². The summed E-state index contributed by atoms with van der Waals surface area (Å²) in [4.78, 5) is 32.0. The second-order valence-electron chi connectivity index (χ2n) is 5.48. The van der Waals surface area contributed by atoms with Crippen molar-refractivity contribution in [2.75, 3.05) is 11.1 Å². The number of rotatable bonds is 7. The van der Waals surface area contributed by atoms with Crippen LogP contribution in [0.2, 0.25) is 0 Å². The van der Waals surface area contributed by atoms with Crippen LogP contribution in [0, 0.1) is 0 Å². The molecular weight excluding hydrogens is 384 g/mol. The van der Waals surface area contributed by atoms with Gasteiger partial charge in [0.15, 0.2) is 10.9 Å². The number of aromatic nitrogens is 2. The fraction of sp³-hybridized carbons (Fsp3) is 0.222. The number of hydrogen-bond donors (Lipinski definition) is 2. The third-order valence-electron chi connectivity index (χ3n) is 3.44. The fourth-order valence-corrected chi connectivity index (χ4v) is 3.55. The Morgan fingerprint density at radius 1 is 1.30 bits per heavy atom. The molecule has 3 rings (SSSR count). The van der Waals surface area contributed by atoms with Crippen LogP contribution in [0.15, 0.2) is 45.3 Å². The quantitative estimate of drug-likeness (QED) is 0.584. The van der Waals surface area contributed by atoms with E-state index in [1.165, 1.54) is 18.3 Å². The Balaban J connectivity index is 1.66. The van der Waals surface area contributed by atoms with Crippen LogP contribution in [0.25, 0.3) is 11.5 Å². The van der Waals surface area contributed by atoms with Gasteiger partial charge in [-0.15, -0.1) is 23.1 Å². The number of nitrogens with zero attached hydrogens (tertiary/aromatic N) is 2. The second kappa shape index (κ2) is 8.83. The lowest BCUT2D eigenvalue weighted by atomic mass is 10.2. The Morgan fingerprint density at radius 3 is 2.93 bits per heavy atom. The predicted molar refractivity (Wildman–Crippen MR) is 106 cm³/mol. The molecule has 0 fully saturated rings. The minimum atomic E-state index is -0.234. The van der Waals surface area contributed by atoms with Crippen LogP contribution in [0.5, 0.6) is 0 Å². The first-order valence-corrected chi connectivity index (χ1v) is 10.1. The number of thioether (sulfide) groups is 1. The van der Waals surface area contributed by atoms with Gasteiger partial charge in [-0.2, -0.15) is 0 Å². The molecule has 9 heteroatoms. The van der Waals surface area contributed by atoms with E-state index in [0.29, 0.717) is 34.5 Å². The number of nitrogens with one attached hydrogen (secondary N) is 2. The number of thiazole rings is 1. The van der Waals surface area contributed by atoms with Gasteiger partial charge >= 0.3 is 0 Å². The molecule has 0 unspecified atom stereocenters. The zero-order valence-corrected chi connectivity index (χ0v) is 16.4. The SMILES string of the molecule is CCSc1cc(C(=O)Nc2nc(-c3ccc(CNC(C)=O)o3)cs2)ccn1. The van der Waals surface area contributed by atoms with Crippen molar-refractivity contribution in [3.63, 3.8) is 0 Å². The zero-order chi connectivity index (χ0) is 19.2. The van der Waals surface area contributed by atoms with Crippen molar-refractivity contribution >= 4 is 40.0 Å². The summed E-state index contributed by atoms with van der Waals surface area (Å²) in [5, 5.41) is 8.57. The molecule has 0 aliphatic heterocycles. The van der Waals surface area contributed by atoms with Gasteiger partial charge in [0, 0.05) is 24.1 Å². The fourth-order valence-electron chi connectivity index (χ4n) is 2.21. The standard InChI is InChI=1S/C18H18N4O3S2/c1-3-26-16-8-12(6-7-19-16)17(24)22-18-21-14(10-27-18)15-5-4-13(25-15)9-20-11(2)23/h4-8,10H,3,9H2,1-2H3,(H,20,23)(H,21,22,24). The number of hydrogen-bond acceptors (Lipinski definition) is 7. The molecule has 3 aromatic heterocycles. The summed E-state index contributed by atoms with van der Waals surface area (Å²) in [7, 11) is 0. The van der Waals surface area contributed by atoms with E-state index in [1.54, 1.807) is 42.2 Å². The molecule has 7 nitrogen and oxygen atoms in total. The van der Waals surface area contributed by atoms with E-state index in [0.717, 1.165) is 10.8 Å². The lowest BCUT2D eigenvalue weighted by Gasteiger charge is -2.03. The van der Waals surface area contributed by atoms with E-state index in [-0.39, 0.29) is 11.8 Å². The topological polar surface area (TPSA) is 97.1 Å². The van der Waals surface area contributed by atoms with Crippen molar-refractivity contribution in [3.8, 4) is 11.5 Å². The minimum Gasteiger partial charge on any atom is -0.458 e. The molecule has 0 spiro atoms. The summed E-state index contributed by atoms with van der Waals surface area (Å²) >= 11 is 2.90. The first-order chi connectivity index (χ1) is 13.0. The normalized spacial score (nSPS) is 10.6. The van der Waals surface area contributed by atoms with Crippen molar-refractivity contribution in [2.24, 2.45) is 0 Å². The molecule has 0 atom stereocenters. The number of pyridine rings is 1. The maximum absolute atomic E-state index is 12.4. The smallest absolute Gasteiger partial charge is 0.257 e. The second-order valence-corrected chi connectivity index (χ2v) is 7.63. The molecule has 2 N–H and O–H groups in total. The molecule has 0 bridgehead atoms. The van der Waals surface area contributed by atoms with Gasteiger partial charge < -0.3 is 9.73 Å². The van der Waals surface area contributed by atoms with Gasteiger partial charge in [0.05, 0.1) is 11.6 Å². The molecule has 0 saturated heterocycles. The lowest BCUT2D eigenvalue weighted by molar-refractivity contribution is -0.119. The summed E-state index contributed by atoms with van der Waals surface area (Å²) in [5.74, 6) is 1.75. The number of carbonyl (C=O) groups excluding carboxylic acids is 2. The number of anilines is 1. The maximum atomic E-state index is 12.4. The Hall–Kier alpha value is -2.65. The molecule has 140 valence electrons. The van der Waals surface area contributed by atoms with E-state index in [4.69, 9.17) is 4.42 Å². The molecule has 0 aromatic carbocycles. The zero-order valence-electron chi connectivity index (χ0n) is 14.8. The van der Waals surface area contributed by atoms with Crippen LogP contribution in [-0.2, 0) is 11.3 Å². The van der Waals surface area contributed by atoms with Gasteiger partial charge in [-0.05, 0) is 30.0 Å². The van der Waals surface area contributed by atoms with Gasteiger partial charge in [0.1, 0.15) is 11.5 Å². The van der Waals surface area contributed by atoms with Crippen molar-refractivity contribution in [3.05, 3.63) is 47.2 Å². The molecular formula is C18H18N4O3S2. The average Bonchev–Trinajstić information content (AvgIpc) is 3.29. The number of carbonyl (C=O) groups is 2. The molecule has 0 aliphatic carbocycles. The lowest BCUT2D eigenvalue weighted by Crippen LogP contribution is -2.18. The van der Waals surface area contributed by atoms with Crippen molar-refractivity contribution in [2.45, 2.75) is 25.4 Å². The van der Waals surface area contributed by atoms with E-state index in [2.05, 4.69) is 20.6 Å². The van der Waals surface area contributed by atoms with Crippen LogP contribution in [0.3, 0.4) is 0 Å². The van der Waals surface area contributed by atoms with Crippen LogP contribution in [0.4, 0.5) is 5.13 Å². The predicted octanol–water partition coefficient (Wildman–Crippen LogP) is 3.80. The van der Waals surface area contributed by atoms with Gasteiger partial charge in [0.2, 0.25) is 5.91 Å². The number of amides is 2. The monoisotopic (exact) mass is 402 g/mol. The first-order valence-electron chi connectivity index (χ1n) is 8.24.